The molecule has 0 atom stereocenters. The standard InChI is InChI=1S/C16H16BrF3N2/c17-13-9-5-4-8-12(13)15-21-10-14(16(18,19)20)22(15)11-6-2-1-3-7-11/h4-5,8-11H,1-3,6-7H2. The highest BCUT2D eigenvalue weighted by molar-refractivity contribution is 9.10. The molecule has 1 aromatic carbocycles. The van der Waals surface area contributed by atoms with Crippen LogP contribution in [0.4, 0.5) is 13.2 Å². The number of aromatic nitrogens is 2. The van der Waals surface area contributed by atoms with Crippen LogP contribution in [-0.2, 0) is 6.18 Å². The average Bonchev–Trinajstić information content (AvgIpc) is 2.93. The zero-order valence-corrected chi connectivity index (χ0v) is 13.5. The second-order valence-corrected chi connectivity index (χ2v) is 6.46. The van der Waals surface area contributed by atoms with Gasteiger partial charge < -0.3 is 4.57 Å². The molecule has 1 aliphatic carbocycles. The highest BCUT2D eigenvalue weighted by Crippen LogP contribution is 2.40. The zero-order chi connectivity index (χ0) is 15.7. The van der Waals surface area contributed by atoms with Crippen LogP contribution in [0.15, 0.2) is 34.9 Å². The van der Waals surface area contributed by atoms with Crippen molar-refractivity contribution in [3.8, 4) is 11.4 Å². The number of halogens is 4. The molecule has 0 radical (unpaired) electrons. The first kappa shape index (κ1) is 15.6. The van der Waals surface area contributed by atoms with Crippen molar-refractivity contribution in [1.82, 2.24) is 9.55 Å². The van der Waals surface area contributed by atoms with E-state index in [1.807, 2.05) is 18.2 Å². The molecule has 6 heteroatoms. The zero-order valence-electron chi connectivity index (χ0n) is 11.9. The van der Waals surface area contributed by atoms with Crippen molar-refractivity contribution >= 4 is 15.9 Å². The van der Waals surface area contributed by atoms with Gasteiger partial charge >= 0.3 is 6.18 Å². The Balaban J connectivity index is 2.14. The van der Waals surface area contributed by atoms with Gasteiger partial charge in [-0.05, 0) is 18.9 Å². The quantitative estimate of drug-likeness (QED) is 0.647. The molecule has 0 unspecified atom stereocenters. The Labute approximate surface area is 135 Å². The predicted octanol–water partition coefficient (Wildman–Crippen LogP) is 5.84. The number of hydrogen-bond donors (Lipinski definition) is 0. The lowest BCUT2D eigenvalue weighted by Crippen LogP contribution is -2.21. The van der Waals surface area contributed by atoms with Crippen molar-refractivity contribution in [2.75, 3.05) is 0 Å². The van der Waals surface area contributed by atoms with Crippen molar-refractivity contribution in [3.63, 3.8) is 0 Å². The van der Waals surface area contributed by atoms with Crippen LogP contribution >= 0.6 is 15.9 Å². The van der Waals surface area contributed by atoms with Gasteiger partial charge in [-0.3, -0.25) is 0 Å². The van der Waals surface area contributed by atoms with Gasteiger partial charge in [-0.1, -0.05) is 53.4 Å². The summed E-state index contributed by atoms with van der Waals surface area (Å²) >= 11 is 3.42. The van der Waals surface area contributed by atoms with E-state index >= 15 is 0 Å². The first-order valence-electron chi connectivity index (χ1n) is 7.38. The summed E-state index contributed by atoms with van der Waals surface area (Å²) in [6.45, 7) is 0. The monoisotopic (exact) mass is 372 g/mol. The maximum atomic E-state index is 13.4. The summed E-state index contributed by atoms with van der Waals surface area (Å²) in [5, 5.41) is 0. The summed E-state index contributed by atoms with van der Waals surface area (Å²) in [4.78, 5) is 4.10. The van der Waals surface area contributed by atoms with Crippen molar-refractivity contribution in [3.05, 3.63) is 40.6 Å². The van der Waals surface area contributed by atoms with Crippen molar-refractivity contribution in [1.29, 1.82) is 0 Å². The highest BCUT2D eigenvalue weighted by Gasteiger charge is 2.38. The number of benzene rings is 1. The molecule has 1 aromatic heterocycles. The molecule has 1 fully saturated rings. The van der Waals surface area contributed by atoms with Gasteiger partial charge in [0.05, 0.1) is 6.20 Å². The molecule has 1 heterocycles. The maximum absolute atomic E-state index is 13.4. The molecule has 118 valence electrons. The van der Waals surface area contributed by atoms with Crippen LogP contribution < -0.4 is 0 Å². The fraction of sp³-hybridized carbons (Fsp3) is 0.438. The summed E-state index contributed by atoms with van der Waals surface area (Å²) in [7, 11) is 0. The van der Waals surface area contributed by atoms with Crippen LogP contribution in [0.2, 0.25) is 0 Å². The van der Waals surface area contributed by atoms with E-state index in [1.165, 1.54) is 4.57 Å². The van der Waals surface area contributed by atoms with Gasteiger partial charge in [0.25, 0.3) is 0 Å². The first-order chi connectivity index (χ1) is 10.5. The Hall–Kier alpha value is -1.30. The van der Waals surface area contributed by atoms with Gasteiger partial charge in [-0.15, -0.1) is 0 Å². The van der Waals surface area contributed by atoms with Gasteiger partial charge in [-0.25, -0.2) is 4.98 Å². The van der Waals surface area contributed by atoms with Gasteiger partial charge in [0.1, 0.15) is 11.5 Å². The number of alkyl halides is 3. The third-order valence-electron chi connectivity index (χ3n) is 4.14. The van der Waals surface area contributed by atoms with E-state index in [0.717, 1.165) is 42.8 Å². The van der Waals surface area contributed by atoms with Crippen molar-refractivity contribution in [2.24, 2.45) is 0 Å². The minimum atomic E-state index is -4.38. The van der Waals surface area contributed by atoms with Crippen LogP contribution in [-0.4, -0.2) is 9.55 Å². The molecule has 0 bridgehead atoms. The van der Waals surface area contributed by atoms with Crippen LogP contribution in [0.1, 0.15) is 43.8 Å². The molecule has 0 saturated heterocycles. The van der Waals surface area contributed by atoms with Crippen LogP contribution in [0.25, 0.3) is 11.4 Å². The lowest BCUT2D eigenvalue weighted by Gasteiger charge is -2.27. The third-order valence-corrected chi connectivity index (χ3v) is 4.83. The second kappa shape index (κ2) is 6.07. The molecule has 0 amide bonds. The van der Waals surface area contributed by atoms with Crippen LogP contribution in [0.5, 0.6) is 0 Å². The molecule has 2 nitrogen and oxygen atoms in total. The van der Waals surface area contributed by atoms with Crippen molar-refractivity contribution in [2.45, 2.75) is 44.3 Å². The lowest BCUT2D eigenvalue weighted by molar-refractivity contribution is -0.144. The van der Waals surface area contributed by atoms with Crippen LogP contribution in [0.3, 0.4) is 0 Å². The van der Waals surface area contributed by atoms with Gasteiger partial charge in [-0.2, -0.15) is 13.2 Å². The Morgan fingerprint density at radius 1 is 1.09 bits per heavy atom. The number of imidazole rings is 1. The Kier molecular flexibility index (Phi) is 4.30. The van der Waals surface area contributed by atoms with E-state index in [0.29, 0.717) is 11.4 Å². The van der Waals surface area contributed by atoms with Gasteiger partial charge in [0.15, 0.2) is 0 Å². The molecule has 0 spiro atoms. The first-order valence-corrected chi connectivity index (χ1v) is 8.17. The maximum Gasteiger partial charge on any atom is 0.433 e. The fourth-order valence-corrected chi connectivity index (χ4v) is 3.58. The number of nitrogens with zero attached hydrogens (tertiary/aromatic N) is 2. The van der Waals surface area contributed by atoms with Gasteiger partial charge in [0.2, 0.25) is 0 Å². The number of hydrogen-bond acceptors (Lipinski definition) is 1. The molecule has 0 aliphatic heterocycles. The van der Waals surface area contributed by atoms with Gasteiger partial charge in [0, 0.05) is 16.1 Å². The fourth-order valence-electron chi connectivity index (χ4n) is 3.12. The predicted molar refractivity (Wildman–Crippen MR) is 82.5 cm³/mol. The Bertz CT molecular complexity index is 658. The molecule has 22 heavy (non-hydrogen) atoms. The summed E-state index contributed by atoms with van der Waals surface area (Å²) in [6.07, 6.45) is 1.16. The topological polar surface area (TPSA) is 17.8 Å². The normalized spacial score (nSPS) is 16.9. The summed E-state index contributed by atoms with van der Waals surface area (Å²) in [5.74, 6) is 0.395. The summed E-state index contributed by atoms with van der Waals surface area (Å²) in [6, 6.07) is 7.14. The Morgan fingerprint density at radius 2 is 1.77 bits per heavy atom. The largest absolute Gasteiger partial charge is 0.433 e. The van der Waals surface area contributed by atoms with E-state index in [2.05, 4.69) is 20.9 Å². The minimum absolute atomic E-state index is 0.130. The molecule has 1 aliphatic rings. The highest BCUT2D eigenvalue weighted by atomic mass is 79.9. The van der Waals surface area contributed by atoms with Crippen LogP contribution in [0, 0.1) is 0 Å². The molecule has 2 aromatic rings. The van der Waals surface area contributed by atoms with E-state index in [9.17, 15) is 13.2 Å². The molecule has 0 N–H and O–H groups in total. The average molecular weight is 373 g/mol. The number of rotatable bonds is 2. The third kappa shape index (κ3) is 2.93. The molecular formula is C16H16BrF3N2. The van der Waals surface area contributed by atoms with E-state index < -0.39 is 11.9 Å². The molecule has 1 saturated carbocycles. The SMILES string of the molecule is FC(F)(F)c1cnc(-c2ccccc2Br)n1C1CCCCC1. The van der Waals surface area contributed by atoms with E-state index in [1.54, 1.807) is 6.07 Å². The van der Waals surface area contributed by atoms with E-state index in [4.69, 9.17) is 0 Å². The summed E-state index contributed by atoms with van der Waals surface area (Å²) < 4.78 is 42.2. The summed E-state index contributed by atoms with van der Waals surface area (Å²) in [5.41, 5.74) is 0.0497. The lowest BCUT2D eigenvalue weighted by atomic mass is 9.94. The van der Waals surface area contributed by atoms with E-state index in [-0.39, 0.29) is 6.04 Å². The second-order valence-electron chi connectivity index (χ2n) is 5.61. The molecular weight excluding hydrogens is 357 g/mol. The minimum Gasteiger partial charge on any atom is -0.317 e. The smallest absolute Gasteiger partial charge is 0.317 e. The molecule has 3 rings (SSSR count). The Morgan fingerprint density at radius 3 is 2.41 bits per heavy atom. The van der Waals surface area contributed by atoms with Crippen molar-refractivity contribution < 1.29 is 13.2 Å².